The van der Waals surface area contributed by atoms with Crippen LogP contribution in [0.1, 0.15) is 42.5 Å². The number of hydrazone groups is 1. The Bertz CT molecular complexity index is 583. The van der Waals surface area contributed by atoms with E-state index >= 15 is 0 Å². The molecule has 4 bridgehead atoms. The standard InChI is InChI=1S/C16H18ClN3O/c17-16-6-10-4-12(7-16)14(13(5-10)8-16)19-20-15(21)11-2-1-3-18-9-11/h1-3,9-10,12-13H,4-8H2,(H,20,21). The van der Waals surface area contributed by atoms with Crippen LogP contribution < -0.4 is 5.43 Å². The lowest BCUT2D eigenvalue weighted by atomic mass is 9.55. The number of nitrogens with zero attached hydrogens (tertiary/aromatic N) is 2. The maximum absolute atomic E-state index is 12.1. The highest BCUT2D eigenvalue weighted by atomic mass is 35.5. The molecule has 4 aliphatic rings. The van der Waals surface area contributed by atoms with Crippen LogP contribution in [0.3, 0.4) is 0 Å². The van der Waals surface area contributed by atoms with E-state index in [4.69, 9.17) is 11.6 Å². The van der Waals surface area contributed by atoms with Gasteiger partial charge in [-0.1, -0.05) is 0 Å². The predicted octanol–water partition coefficient (Wildman–Crippen LogP) is 2.98. The molecule has 5 rings (SSSR count). The van der Waals surface area contributed by atoms with Crippen LogP contribution in [0, 0.1) is 17.8 Å². The van der Waals surface area contributed by atoms with Gasteiger partial charge in [-0.3, -0.25) is 9.78 Å². The average molecular weight is 304 g/mol. The van der Waals surface area contributed by atoms with Gasteiger partial charge in [-0.15, -0.1) is 11.6 Å². The van der Waals surface area contributed by atoms with Crippen molar-refractivity contribution in [2.75, 3.05) is 0 Å². The number of amides is 1. The Labute approximate surface area is 129 Å². The molecule has 5 heteroatoms. The molecular weight excluding hydrogens is 286 g/mol. The van der Waals surface area contributed by atoms with Gasteiger partial charge in [0.1, 0.15) is 0 Å². The summed E-state index contributed by atoms with van der Waals surface area (Å²) in [5.74, 6) is 1.49. The van der Waals surface area contributed by atoms with Crippen LogP contribution in [0.5, 0.6) is 0 Å². The first-order valence-corrected chi connectivity index (χ1v) is 7.97. The van der Waals surface area contributed by atoms with Crippen molar-refractivity contribution in [3.8, 4) is 0 Å². The van der Waals surface area contributed by atoms with Crippen LogP contribution in [0.2, 0.25) is 0 Å². The van der Waals surface area contributed by atoms with Crippen LogP contribution >= 0.6 is 11.6 Å². The Kier molecular flexibility index (Phi) is 3.03. The van der Waals surface area contributed by atoms with E-state index in [1.165, 1.54) is 18.6 Å². The molecule has 1 aromatic heterocycles. The number of halogens is 1. The minimum absolute atomic E-state index is 0.00286. The molecule has 2 unspecified atom stereocenters. The summed E-state index contributed by atoms with van der Waals surface area (Å²) < 4.78 is 0. The molecule has 4 aliphatic carbocycles. The molecule has 0 aromatic carbocycles. The van der Waals surface area contributed by atoms with Crippen molar-refractivity contribution in [2.45, 2.75) is 37.0 Å². The molecule has 0 radical (unpaired) electrons. The summed E-state index contributed by atoms with van der Waals surface area (Å²) in [4.78, 5) is 16.0. The van der Waals surface area contributed by atoms with E-state index < -0.39 is 0 Å². The molecule has 1 aromatic rings. The minimum atomic E-state index is -0.190. The zero-order valence-corrected chi connectivity index (χ0v) is 12.5. The second kappa shape index (κ2) is 4.80. The lowest BCUT2D eigenvalue weighted by Crippen LogP contribution is -2.53. The van der Waals surface area contributed by atoms with Crippen molar-refractivity contribution >= 4 is 23.2 Å². The second-order valence-electron chi connectivity index (χ2n) is 6.71. The molecule has 21 heavy (non-hydrogen) atoms. The Hall–Kier alpha value is -1.42. The zero-order chi connectivity index (χ0) is 14.4. The summed E-state index contributed by atoms with van der Waals surface area (Å²) in [5.41, 5.74) is 4.41. The number of nitrogens with one attached hydrogen (secondary N) is 1. The first-order chi connectivity index (χ1) is 10.1. The van der Waals surface area contributed by atoms with Gasteiger partial charge in [0.2, 0.25) is 0 Å². The van der Waals surface area contributed by atoms with Gasteiger partial charge in [0.25, 0.3) is 5.91 Å². The maximum Gasteiger partial charge on any atom is 0.272 e. The Morgan fingerprint density at radius 2 is 2.10 bits per heavy atom. The van der Waals surface area contributed by atoms with E-state index in [0.717, 1.165) is 25.2 Å². The van der Waals surface area contributed by atoms with Gasteiger partial charge in [0.15, 0.2) is 0 Å². The van der Waals surface area contributed by atoms with Crippen LogP contribution in [-0.2, 0) is 0 Å². The van der Waals surface area contributed by atoms with Crippen molar-refractivity contribution in [1.82, 2.24) is 10.4 Å². The SMILES string of the molecule is O=C(NN=C1C2CC3CC1CC(Cl)(C3)C2)c1cccnc1. The molecular formula is C16H18ClN3O. The minimum Gasteiger partial charge on any atom is -0.267 e. The van der Waals surface area contributed by atoms with Gasteiger partial charge in [0.05, 0.1) is 5.56 Å². The molecule has 1 amide bonds. The topological polar surface area (TPSA) is 54.4 Å². The van der Waals surface area contributed by atoms with E-state index in [0.29, 0.717) is 17.4 Å². The van der Waals surface area contributed by atoms with Gasteiger partial charge >= 0.3 is 0 Å². The Balaban J connectivity index is 1.51. The number of pyridine rings is 1. The fourth-order valence-corrected chi connectivity index (χ4v) is 5.12. The first kappa shape index (κ1) is 13.3. The van der Waals surface area contributed by atoms with Crippen molar-refractivity contribution < 1.29 is 4.79 Å². The molecule has 0 saturated heterocycles. The summed E-state index contributed by atoms with van der Waals surface area (Å²) in [6, 6.07) is 3.50. The van der Waals surface area contributed by atoms with Gasteiger partial charge in [-0.05, 0) is 50.2 Å². The summed E-state index contributed by atoms with van der Waals surface area (Å²) in [7, 11) is 0. The highest BCUT2D eigenvalue weighted by Crippen LogP contribution is 2.57. The fourth-order valence-electron chi connectivity index (χ4n) is 4.53. The number of rotatable bonds is 2. The van der Waals surface area contributed by atoms with Gasteiger partial charge in [-0.2, -0.15) is 5.10 Å². The third-order valence-electron chi connectivity index (χ3n) is 5.16. The van der Waals surface area contributed by atoms with Crippen LogP contribution in [-0.4, -0.2) is 21.5 Å². The normalized spacial score (nSPS) is 36.6. The van der Waals surface area contributed by atoms with E-state index in [-0.39, 0.29) is 10.8 Å². The molecule has 0 aliphatic heterocycles. The number of carbonyl (C=O) groups is 1. The van der Waals surface area contributed by atoms with Crippen molar-refractivity contribution in [3.05, 3.63) is 30.1 Å². The summed E-state index contributed by atoms with van der Waals surface area (Å²) in [5, 5.41) is 4.46. The first-order valence-electron chi connectivity index (χ1n) is 7.60. The number of carbonyl (C=O) groups excluding carboxylic acids is 1. The monoisotopic (exact) mass is 303 g/mol. The maximum atomic E-state index is 12.1. The largest absolute Gasteiger partial charge is 0.272 e. The molecule has 4 saturated carbocycles. The lowest BCUT2D eigenvalue weighted by Gasteiger charge is -2.54. The molecule has 1 heterocycles. The average Bonchev–Trinajstić information content (AvgIpc) is 2.45. The van der Waals surface area contributed by atoms with Crippen molar-refractivity contribution in [2.24, 2.45) is 22.9 Å². The van der Waals surface area contributed by atoms with Gasteiger partial charge in [0, 0.05) is 34.8 Å². The fraction of sp³-hybridized carbons (Fsp3) is 0.562. The third kappa shape index (κ3) is 2.35. The van der Waals surface area contributed by atoms with Crippen molar-refractivity contribution in [3.63, 3.8) is 0 Å². The van der Waals surface area contributed by atoms with Crippen molar-refractivity contribution in [1.29, 1.82) is 0 Å². The number of aromatic nitrogens is 1. The van der Waals surface area contributed by atoms with Crippen LogP contribution in [0.15, 0.2) is 29.6 Å². The van der Waals surface area contributed by atoms with Gasteiger partial charge < -0.3 is 0 Å². The molecule has 4 nitrogen and oxygen atoms in total. The summed E-state index contributed by atoms with van der Waals surface area (Å²) in [6.45, 7) is 0. The van der Waals surface area contributed by atoms with Gasteiger partial charge in [-0.25, -0.2) is 5.43 Å². The summed E-state index contributed by atoms with van der Waals surface area (Å²) in [6.07, 6.45) is 8.78. The quantitative estimate of drug-likeness (QED) is 0.674. The molecule has 2 atom stereocenters. The molecule has 4 fully saturated rings. The second-order valence-corrected chi connectivity index (χ2v) is 7.52. The molecule has 0 spiro atoms. The number of alkyl halides is 1. The van der Waals surface area contributed by atoms with Crippen LogP contribution in [0.4, 0.5) is 0 Å². The lowest BCUT2D eigenvalue weighted by molar-refractivity contribution is 0.0949. The Morgan fingerprint density at radius 3 is 2.71 bits per heavy atom. The highest BCUT2D eigenvalue weighted by molar-refractivity contribution is 6.25. The number of hydrogen-bond acceptors (Lipinski definition) is 3. The molecule has 1 N–H and O–H groups in total. The third-order valence-corrected chi connectivity index (χ3v) is 5.62. The van der Waals surface area contributed by atoms with Crippen LogP contribution in [0.25, 0.3) is 0 Å². The van der Waals surface area contributed by atoms with E-state index in [2.05, 4.69) is 15.5 Å². The highest BCUT2D eigenvalue weighted by Gasteiger charge is 2.53. The molecule has 110 valence electrons. The predicted molar refractivity (Wildman–Crippen MR) is 81.3 cm³/mol. The van der Waals surface area contributed by atoms with E-state index in [9.17, 15) is 4.79 Å². The number of hydrogen-bond donors (Lipinski definition) is 1. The van der Waals surface area contributed by atoms with E-state index in [1.807, 2.05) is 0 Å². The zero-order valence-electron chi connectivity index (χ0n) is 11.8. The summed E-state index contributed by atoms with van der Waals surface area (Å²) >= 11 is 6.70. The Morgan fingerprint density at radius 1 is 1.33 bits per heavy atom. The smallest absolute Gasteiger partial charge is 0.267 e. The van der Waals surface area contributed by atoms with E-state index in [1.54, 1.807) is 24.5 Å².